The van der Waals surface area contributed by atoms with E-state index in [1.807, 2.05) is 0 Å². The van der Waals surface area contributed by atoms with Gasteiger partial charge in [-0.3, -0.25) is 9.59 Å². The number of benzene rings is 1. The van der Waals surface area contributed by atoms with Gasteiger partial charge in [0, 0.05) is 16.0 Å². The van der Waals surface area contributed by atoms with E-state index >= 15 is 0 Å². The van der Waals surface area contributed by atoms with Gasteiger partial charge in [-0.1, -0.05) is 25.4 Å². The number of amides is 1. The summed E-state index contributed by atoms with van der Waals surface area (Å²) < 4.78 is 0.731. The molecular weight excluding hydrogens is 305 g/mol. The molecule has 0 atom stereocenters. The van der Waals surface area contributed by atoms with Crippen LogP contribution >= 0.6 is 27.5 Å². The van der Waals surface area contributed by atoms with E-state index in [1.54, 1.807) is 32.0 Å². The Morgan fingerprint density at radius 3 is 2.59 bits per heavy atom. The molecule has 1 aromatic rings. The standard InChI is InChI=1S/C12H13BrClNO2/c1-7(2)11(16)6-15-12(17)8-3-4-9(13)10(14)5-8/h3-5,7H,6H2,1-2H3,(H,15,17). The Morgan fingerprint density at radius 1 is 1.41 bits per heavy atom. The Balaban J connectivity index is 2.64. The Bertz CT molecular complexity index is 446. The first-order valence-corrected chi connectivity index (χ1v) is 6.35. The molecule has 1 N–H and O–H groups in total. The Hall–Kier alpha value is -0.870. The number of carbonyl (C=O) groups is 2. The highest BCUT2D eigenvalue weighted by molar-refractivity contribution is 9.10. The predicted octanol–water partition coefficient (Wildman–Crippen LogP) is 3.06. The van der Waals surface area contributed by atoms with E-state index in [4.69, 9.17) is 11.6 Å². The Morgan fingerprint density at radius 2 is 2.06 bits per heavy atom. The lowest BCUT2D eigenvalue weighted by Crippen LogP contribution is -2.31. The summed E-state index contributed by atoms with van der Waals surface area (Å²) in [6.07, 6.45) is 0. The van der Waals surface area contributed by atoms with Crippen LogP contribution < -0.4 is 5.32 Å². The third-order valence-corrected chi connectivity index (χ3v) is 3.48. The topological polar surface area (TPSA) is 46.2 Å². The van der Waals surface area contributed by atoms with Crippen LogP contribution in [-0.2, 0) is 4.79 Å². The lowest BCUT2D eigenvalue weighted by Gasteiger charge is -2.07. The van der Waals surface area contributed by atoms with Crippen molar-refractivity contribution in [2.45, 2.75) is 13.8 Å². The van der Waals surface area contributed by atoms with Crippen molar-refractivity contribution >= 4 is 39.2 Å². The van der Waals surface area contributed by atoms with Gasteiger partial charge in [0.25, 0.3) is 5.91 Å². The number of halogens is 2. The van der Waals surface area contributed by atoms with E-state index in [0.29, 0.717) is 10.6 Å². The average molecular weight is 319 g/mol. The van der Waals surface area contributed by atoms with Gasteiger partial charge in [0.2, 0.25) is 0 Å². The average Bonchev–Trinajstić information content (AvgIpc) is 2.28. The molecule has 0 saturated heterocycles. The molecule has 1 amide bonds. The highest BCUT2D eigenvalue weighted by Gasteiger charge is 2.11. The summed E-state index contributed by atoms with van der Waals surface area (Å²) in [4.78, 5) is 23.0. The Kier molecular flexibility index (Phi) is 5.15. The summed E-state index contributed by atoms with van der Waals surface area (Å²) in [5, 5.41) is 3.03. The monoisotopic (exact) mass is 317 g/mol. The number of Topliss-reactive ketones (excluding diaryl/α,β-unsaturated/α-hetero) is 1. The summed E-state index contributed by atoms with van der Waals surface area (Å²) in [5.74, 6) is -0.376. The van der Waals surface area contributed by atoms with Crippen LogP contribution in [0.15, 0.2) is 22.7 Å². The smallest absolute Gasteiger partial charge is 0.251 e. The van der Waals surface area contributed by atoms with Gasteiger partial charge in [-0.25, -0.2) is 0 Å². The van der Waals surface area contributed by atoms with E-state index in [9.17, 15) is 9.59 Å². The molecule has 5 heteroatoms. The number of ketones is 1. The zero-order chi connectivity index (χ0) is 13.0. The van der Waals surface area contributed by atoms with Crippen molar-refractivity contribution in [3.05, 3.63) is 33.3 Å². The third kappa shape index (κ3) is 4.13. The second kappa shape index (κ2) is 6.17. The molecule has 0 aromatic heterocycles. The van der Waals surface area contributed by atoms with Crippen LogP contribution in [-0.4, -0.2) is 18.2 Å². The number of hydrogen-bond donors (Lipinski definition) is 1. The zero-order valence-corrected chi connectivity index (χ0v) is 11.9. The lowest BCUT2D eigenvalue weighted by atomic mass is 10.1. The summed E-state index contributed by atoms with van der Waals surface area (Å²) in [7, 11) is 0. The van der Waals surface area contributed by atoms with E-state index in [1.165, 1.54) is 0 Å². The fraction of sp³-hybridized carbons (Fsp3) is 0.333. The van der Waals surface area contributed by atoms with Gasteiger partial charge in [0.15, 0.2) is 5.78 Å². The van der Waals surface area contributed by atoms with E-state index in [-0.39, 0.29) is 24.2 Å². The molecule has 17 heavy (non-hydrogen) atoms. The van der Waals surface area contributed by atoms with Crippen LogP contribution in [0.25, 0.3) is 0 Å². The molecule has 0 saturated carbocycles. The first-order valence-electron chi connectivity index (χ1n) is 5.17. The molecule has 0 aliphatic rings. The maximum Gasteiger partial charge on any atom is 0.251 e. The quantitative estimate of drug-likeness (QED) is 0.927. The zero-order valence-electron chi connectivity index (χ0n) is 9.59. The van der Waals surface area contributed by atoms with Crippen molar-refractivity contribution in [3.8, 4) is 0 Å². The van der Waals surface area contributed by atoms with Crippen LogP contribution in [0.2, 0.25) is 5.02 Å². The number of hydrogen-bond acceptors (Lipinski definition) is 2. The second-order valence-corrected chi connectivity index (χ2v) is 5.19. The van der Waals surface area contributed by atoms with E-state index < -0.39 is 0 Å². The highest BCUT2D eigenvalue weighted by Crippen LogP contribution is 2.23. The van der Waals surface area contributed by atoms with Gasteiger partial charge in [0.1, 0.15) is 0 Å². The fourth-order valence-electron chi connectivity index (χ4n) is 1.11. The number of carbonyl (C=O) groups excluding carboxylic acids is 2. The predicted molar refractivity (Wildman–Crippen MR) is 71.3 cm³/mol. The minimum atomic E-state index is -0.298. The van der Waals surface area contributed by atoms with Crippen LogP contribution in [0.4, 0.5) is 0 Å². The minimum Gasteiger partial charge on any atom is -0.345 e. The number of rotatable bonds is 4. The minimum absolute atomic E-state index is 0.00144. The maximum absolute atomic E-state index is 11.7. The molecule has 0 radical (unpaired) electrons. The largest absolute Gasteiger partial charge is 0.345 e. The summed E-state index contributed by atoms with van der Waals surface area (Å²) in [5.41, 5.74) is 0.440. The van der Waals surface area contributed by atoms with Crippen LogP contribution in [0.1, 0.15) is 24.2 Å². The molecule has 0 heterocycles. The van der Waals surface area contributed by atoms with Gasteiger partial charge >= 0.3 is 0 Å². The first kappa shape index (κ1) is 14.2. The van der Waals surface area contributed by atoms with Crippen molar-refractivity contribution in [1.82, 2.24) is 5.32 Å². The molecule has 0 spiro atoms. The summed E-state index contributed by atoms with van der Waals surface area (Å²) >= 11 is 9.12. The molecule has 1 aromatic carbocycles. The van der Waals surface area contributed by atoms with E-state index in [0.717, 1.165) is 4.47 Å². The van der Waals surface area contributed by atoms with Gasteiger partial charge in [0.05, 0.1) is 11.6 Å². The molecule has 92 valence electrons. The molecular formula is C12H13BrClNO2. The van der Waals surface area contributed by atoms with Gasteiger partial charge in [-0.2, -0.15) is 0 Å². The van der Waals surface area contributed by atoms with Crippen molar-refractivity contribution < 1.29 is 9.59 Å². The van der Waals surface area contributed by atoms with Crippen LogP contribution in [0.5, 0.6) is 0 Å². The maximum atomic E-state index is 11.7. The Labute approximate surface area is 114 Å². The van der Waals surface area contributed by atoms with Crippen molar-refractivity contribution in [1.29, 1.82) is 0 Å². The molecule has 0 fully saturated rings. The molecule has 0 bridgehead atoms. The summed E-state index contributed by atoms with van der Waals surface area (Å²) in [6, 6.07) is 4.90. The molecule has 3 nitrogen and oxygen atoms in total. The highest BCUT2D eigenvalue weighted by atomic mass is 79.9. The molecule has 0 aliphatic heterocycles. The van der Waals surface area contributed by atoms with Gasteiger partial charge in [-0.05, 0) is 34.1 Å². The third-order valence-electron chi connectivity index (χ3n) is 2.25. The fourth-order valence-corrected chi connectivity index (χ4v) is 1.54. The normalized spacial score (nSPS) is 10.4. The van der Waals surface area contributed by atoms with Crippen LogP contribution in [0.3, 0.4) is 0 Å². The first-order chi connectivity index (χ1) is 7.91. The van der Waals surface area contributed by atoms with Crippen molar-refractivity contribution in [2.24, 2.45) is 5.92 Å². The van der Waals surface area contributed by atoms with Crippen LogP contribution in [0, 0.1) is 5.92 Å². The molecule has 1 rings (SSSR count). The SMILES string of the molecule is CC(C)C(=O)CNC(=O)c1ccc(Br)c(Cl)c1. The van der Waals surface area contributed by atoms with E-state index in [2.05, 4.69) is 21.2 Å². The van der Waals surface area contributed by atoms with Crippen molar-refractivity contribution in [2.75, 3.05) is 6.54 Å². The number of nitrogens with one attached hydrogen (secondary N) is 1. The lowest BCUT2D eigenvalue weighted by molar-refractivity contribution is -0.120. The van der Waals surface area contributed by atoms with Crippen molar-refractivity contribution in [3.63, 3.8) is 0 Å². The molecule has 0 aliphatic carbocycles. The van der Waals surface area contributed by atoms with Gasteiger partial charge in [-0.15, -0.1) is 0 Å². The summed E-state index contributed by atoms with van der Waals surface area (Å²) in [6.45, 7) is 3.64. The molecule has 0 unspecified atom stereocenters. The van der Waals surface area contributed by atoms with Gasteiger partial charge < -0.3 is 5.32 Å². The second-order valence-electron chi connectivity index (χ2n) is 3.93.